The summed E-state index contributed by atoms with van der Waals surface area (Å²) < 4.78 is 7.51. The normalized spacial score (nSPS) is 11.0. The second-order valence-electron chi connectivity index (χ2n) is 3.56. The molecule has 0 aliphatic heterocycles. The van der Waals surface area contributed by atoms with Crippen LogP contribution in [0, 0.1) is 0 Å². The summed E-state index contributed by atoms with van der Waals surface area (Å²) in [5.41, 5.74) is 5.95. The molecule has 0 aliphatic carbocycles. The molecule has 0 unspecified atom stereocenters. The highest BCUT2D eigenvalue weighted by atomic mass is 79.9. The number of halogens is 2. The van der Waals surface area contributed by atoms with E-state index in [2.05, 4.69) is 31.9 Å². The molecule has 0 saturated carbocycles. The van der Waals surface area contributed by atoms with Gasteiger partial charge < -0.3 is 10.2 Å². The maximum atomic E-state index is 10.6. The van der Waals surface area contributed by atoms with Crippen molar-refractivity contribution < 1.29 is 9.21 Å². The van der Waals surface area contributed by atoms with E-state index in [1.807, 2.05) is 24.3 Å². The Hall–Kier alpha value is -1.33. The van der Waals surface area contributed by atoms with Gasteiger partial charge in [-0.05, 0) is 36.4 Å². The first-order valence-corrected chi connectivity index (χ1v) is 6.67. The fourth-order valence-corrected chi connectivity index (χ4v) is 2.24. The maximum Gasteiger partial charge on any atom is 0.241 e. The number of primary amides is 1. The minimum atomic E-state index is -0.503. The van der Waals surface area contributed by atoms with Gasteiger partial charge in [-0.25, -0.2) is 0 Å². The molecule has 0 spiro atoms. The molecule has 1 heterocycles. The summed E-state index contributed by atoms with van der Waals surface area (Å²) in [6, 6.07) is 9.44. The predicted molar refractivity (Wildman–Crippen MR) is 77.8 cm³/mol. The van der Waals surface area contributed by atoms with Gasteiger partial charge in [-0.3, -0.25) is 4.79 Å². The summed E-state index contributed by atoms with van der Waals surface area (Å²) in [7, 11) is 0. The van der Waals surface area contributed by atoms with Gasteiger partial charge in [0.05, 0.1) is 0 Å². The molecular formula is C13H9Br2NO2. The topological polar surface area (TPSA) is 56.2 Å². The van der Waals surface area contributed by atoms with Crippen molar-refractivity contribution in [1.82, 2.24) is 0 Å². The molecule has 92 valence electrons. The van der Waals surface area contributed by atoms with E-state index in [-0.39, 0.29) is 0 Å². The summed E-state index contributed by atoms with van der Waals surface area (Å²) in [6.07, 6.45) is 2.80. The van der Waals surface area contributed by atoms with E-state index >= 15 is 0 Å². The fourth-order valence-electron chi connectivity index (χ4n) is 1.44. The molecule has 2 aromatic rings. The van der Waals surface area contributed by atoms with Gasteiger partial charge in [0.1, 0.15) is 11.5 Å². The Balaban J connectivity index is 2.35. The number of benzene rings is 1. The average molecular weight is 371 g/mol. The summed E-state index contributed by atoms with van der Waals surface area (Å²) in [5.74, 6) is 0.791. The molecular weight excluding hydrogens is 362 g/mol. The van der Waals surface area contributed by atoms with Crippen molar-refractivity contribution in [3.63, 3.8) is 0 Å². The van der Waals surface area contributed by atoms with Crippen LogP contribution in [0.4, 0.5) is 0 Å². The van der Waals surface area contributed by atoms with E-state index in [0.29, 0.717) is 11.5 Å². The molecule has 2 N–H and O–H groups in total. The molecule has 0 bridgehead atoms. The van der Waals surface area contributed by atoms with Crippen LogP contribution in [0.1, 0.15) is 5.76 Å². The molecule has 18 heavy (non-hydrogen) atoms. The number of amides is 1. The van der Waals surface area contributed by atoms with Crippen molar-refractivity contribution in [3.8, 4) is 11.3 Å². The summed E-state index contributed by atoms with van der Waals surface area (Å²) in [4.78, 5) is 10.6. The number of nitrogens with two attached hydrogens (primary N) is 1. The molecule has 1 aromatic carbocycles. The first kappa shape index (κ1) is 13.1. The Morgan fingerprint density at radius 3 is 2.72 bits per heavy atom. The molecule has 0 atom stereocenters. The van der Waals surface area contributed by atoms with Crippen molar-refractivity contribution in [3.05, 3.63) is 51.1 Å². The lowest BCUT2D eigenvalue weighted by molar-refractivity contribution is -0.113. The fraction of sp³-hybridized carbons (Fsp3) is 0. The number of carbonyl (C=O) groups is 1. The zero-order valence-electron chi connectivity index (χ0n) is 9.19. The van der Waals surface area contributed by atoms with Crippen LogP contribution < -0.4 is 5.73 Å². The summed E-state index contributed by atoms with van der Waals surface area (Å²) in [6.45, 7) is 0. The standard InChI is InChI=1S/C13H9Br2NO2/c14-8-1-4-11(15)10(7-8)12-5-2-9(18-12)3-6-13(16)17/h1-7H,(H2,16,17)/b6-3+. The van der Waals surface area contributed by atoms with Crippen LogP contribution in [0.5, 0.6) is 0 Å². The highest BCUT2D eigenvalue weighted by molar-refractivity contribution is 9.11. The Kier molecular flexibility index (Phi) is 4.04. The third-order valence-electron chi connectivity index (χ3n) is 2.23. The Morgan fingerprint density at radius 1 is 1.22 bits per heavy atom. The minimum absolute atomic E-state index is 0.503. The smallest absolute Gasteiger partial charge is 0.241 e. The molecule has 0 saturated heterocycles. The van der Waals surface area contributed by atoms with Crippen molar-refractivity contribution in [1.29, 1.82) is 0 Å². The van der Waals surface area contributed by atoms with E-state index in [1.165, 1.54) is 12.2 Å². The lowest BCUT2D eigenvalue weighted by Crippen LogP contribution is -2.04. The van der Waals surface area contributed by atoms with Crippen LogP contribution in [0.15, 0.2) is 49.8 Å². The minimum Gasteiger partial charge on any atom is -0.457 e. The van der Waals surface area contributed by atoms with E-state index < -0.39 is 5.91 Å². The number of hydrogen-bond donors (Lipinski definition) is 1. The predicted octanol–water partition coefficient (Wildman–Crippen LogP) is 3.97. The van der Waals surface area contributed by atoms with E-state index in [1.54, 1.807) is 6.07 Å². The first-order chi connectivity index (χ1) is 8.56. The van der Waals surface area contributed by atoms with Gasteiger partial charge in [0.15, 0.2) is 0 Å². The van der Waals surface area contributed by atoms with Crippen LogP contribution >= 0.6 is 31.9 Å². The molecule has 1 amide bonds. The van der Waals surface area contributed by atoms with E-state index in [9.17, 15) is 4.79 Å². The molecule has 0 radical (unpaired) electrons. The van der Waals surface area contributed by atoms with Crippen molar-refractivity contribution >= 4 is 43.8 Å². The highest BCUT2D eigenvalue weighted by Gasteiger charge is 2.08. The van der Waals surface area contributed by atoms with Gasteiger partial charge in [0.2, 0.25) is 5.91 Å². The largest absolute Gasteiger partial charge is 0.457 e. The molecule has 2 rings (SSSR count). The monoisotopic (exact) mass is 369 g/mol. The molecule has 1 aromatic heterocycles. The van der Waals surface area contributed by atoms with Crippen molar-refractivity contribution in [2.24, 2.45) is 5.73 Å². The Bertz CT molecular complexity index is 617. The van der Waals surface area contributed by atoms with Crippen molar-refractivity contribution in [2.75, 3.05) is 0 Å². The molecule has 5 heteroatoms. The zero-order chi connectivity index (χ0) is 13.1. The second-order valence-corrected chi connectivity index (χ2v) is 5.33. The van der Waals surface area contributed by atoms with Gasteiger partial charge in [0, 0.05) is 20.6 Å². The highest BCUT2D eigenvalue weighted by Crippen LogP contribution is 2.32. The zero-order valence-corrected chi connectivity index (χ0v) is 12.4. The lowest BCUT2D eigenvalue weighted by atomic mass is 10.2. The summed E-state index contributed by atoms with van der Waals surface area (Å²) >= 11 is 6.88. The quantitative estimate of drug-likeness (QED) is 0.831. The third-order valence-corrected chi connectivity index (χ3v) is 3.42. The van der Waals surface area contributed by atoms with Gasteiger partial charge in [-0.2, -0.15) is 0 Å². The van der Waals surface area contributed by atoms with E-state index in [0.717, 1.165) is 14.5 Å². The average Bonchev–Trinajstić information content (AvgIpc) is 2.78. The number of furan rings is 1. The van der Waals surface area contributed by atoms with Gasteiger partial charge in [-0.1, -0.05) is 31.9 Å². The third kappa shape index (κ3) is 3.11. The first-order valence-electron chi connectivity index (χ1n) is 5.09. The van der Waals surface area contributed by atoms with Crippen molar-refractivity contribution in [2.45, 2.75) is 0 Å². The summed E-state index contributed by atoms with van der Waals surface area (Å²) in [5, 5.41) is 0. The molecule has 0 aliphatic rings. The Labute approximate surface area is 121 Å². The van der Waals surface area contributed by atoms with Gasteiger partial charge in [0.25, 0.3) is 0 Å². The second kappa shape index (κ2) is 5.54. The van der Waals surface area contributed by atoms with Gasteiger partial charge >= 0.3 is 0 Å². The molecule has 3 nitrogen and oxygen atoms in total. The number of rotatable bonds is 3. The van der Waals surface area contributed by atoms with Crippen LogP contribution in [-0.4, -0.2) is 5.91 Å². The maximum absolute atomic E-state index is 10.6. The Morgan fingerprint density at radius 2 is 2.00 bits per heavy atom. The molecule has 0 fully saturated rings. The van der Waals surface area contributed by atoms with Crippen LogP contribution in [0.2, 0.25) is 0 Å². The SMILES string of the molecule is NC(=O)/C=C/c1ccc(-c2cc(Br)ccc2Br)o1. The van der Waals surface area contributed by atoms with E-state index in [4.69, 9.17) is 10.2 Å². The van der Waals surface area contributed by atoms with Crippen LogP contribution in [-0.2, 0) is 4.79 Å². The number of carbonyl (C=O) groups excluding carboxylic acids is 1. The van der Waals surface area contributed by atoms with Crippen LogP contribution in [0.3, 0.4) is 0 Å². The van der Waals surface area contributed by atoms with Gasteiger partial charge in [-0.15, -0.1) is 0 Å². The lowest BCUT2D eigenvalue weighted by Gasteiger charge is -2.01. The number of hydrogen-bond acceptors (Lipinski definition) is 2. The van der Waals surface area contributed by atoms with Crippen LogP contribution in [0.25, 0.3) is 17.4 Å².